The molecule has 1 amide bonds. The van der Waals surface area contributed by atoms with Crippen molar-refractivity contribution < 1.29 is 9.53 Å². The standard InChI is InChI=1S/C24H25N3O3/c1-16-5-3-4-6-18(16)14-22-25-21-11-12-27(15-20(21)24(29)26-22)23(28)13-17-7-9-19(30-2)10-8-17/h3-10H,11-15H2,1-2H3,(H,25,26,29). The molecular weight excluding hydrogens is 378 g/mol. The van der Waals surface area contributed by atoms with Crippen LogP contribution in [0.15, 0.2) is 53.3 Å². The Labute approximate surface area is 175 Å². The molecule has 0 saturated heterocycles. The summed E-state index contributed by atoms with van der Waals surface area (Å²) < 4.78 is 5.16. The van der Waals surface area contributed by atoms with E-state index in [1.165, 1.54) is 5.56 Å². The van der Waals surface area contributed by atoms with Crippen molar-refractivity contribution in [3.05, 3.63) is 92.7 Å². The van der Waals surface area contributed by atoms with E-state index in [1.807, 2.05) is 42.5 Å². The first-order valence-corrected chi connectivity index (χ1v) is 10.1. The Morgan fingerprint density at radius 3 is 2.67 bits per heavy atom. The molecule has 6 nitrogen and oxygen atoms in total. The molecule has 0 fully saturated rings. The zero-order valence-electron chi connectivity index (χ0n) is 17.3. The Balaban J connectivity index is 1.47. The number of H-pyrrole nitrogens is 1. The topological polar surface area (TPSA) is 75.3 Å². The third-order valence-corrected chi connectivity index (χ3v) is 5.60. The summed E-state index contributed by atoms with van der Waals surface area (Å²) in [5, 5.41) is 0. The maximum atomic E-state index is 12.8. The molecular formula is C24H25N3O3. The fourth-order valence-corrected chi connectivity index (χ4v) is 3.79. The van der Waals surface area contributed by atoms with E-state index in [-0.39, 0.29) is 11.5 Å². The molecule has 0 aliphatic carbocycles. The molecule has 4 rings (SSSR count). The number of amides is 1. The third-order valence-electron chi connectivity index (χ3n) is 5.60. The van der Waals surface area contributed by atoms with E-state index in [2.05, 4.69) is 18.0 Å². The fraction of sp³-hybridized carbons (Fsp3) is 0.292. The highest BCUT2D eigenvalue weighted by Gasteiger charge is 2.24. The molecule has 1 aromatic heterocycles. The second kappa shape index (κ2) is 8.53. The smallest absolute Gasteiger partial charge is 0.256 e. The summed E-state index contributed by atoms with van der Waals surface area (Å²) in [6.45, 7) is 2.93. The van der Waals surface area contributed by atoms with Gasteiger partial charge in [0.05, 0.1) is 31.3 Å². The van der Waals surface area contributed by atoms with Gasteiger partial charge in [0.15, 0.2) is 0 Å². The highest BCUT2D eigenvalue weighted by Crippen LogP contribution is 2.18. The average molecular weight is 403 g/mol. The van der Waals surface area contributed by atoms with Gasteiger partial charge in [-0.3, -0.25) is 9.59 Å². The molecule has 0 radical (unpaired) electrons. The molecule has 1 N–H and O–H groups in total. The van der Waals surface area contributed by atoms with Crippen molar-refractivity contribution in [1.82, 2.24) is 14.9 Å². The fourth-order valence-electron chi connectivity index (χ4n) is 3.79. The summed E-state index contributed by atoms with van der Waals surface area (Å²) in [6, 6.07) is 15.6. The van der Waals surface area contributed by atoms with Crippen LogP contribution in [0.4, 0.5) is 0 Å². The lowest BCUT2D eigenvalue weighted by Crippen LogP contribution is -2.40. The number of methoxy groups -OCH3 is 1. The SMILES string of the molecule is COc1ccc(CC(=O)N2CCc3nc(Cc4ccccc4C)[nH]c(=O)c3C2)cc1. The van der Waals surface area contributed by atoms with Gasteiger partial charge in [0.1, 0.15) is 11.6 Å². The zero-order chi connectivity index (χ0) is 21.1. The van der Waals surface area contributed by atoms with Crippen LogP contribution in [0.3, 0.4) is 0 Å². The van der Waals surface area contributed by atoms with Crippen molar-refractivity contribution in [3.8, 4) is 5.75 Å². The number of aromatic nitrogens is 2. The van der Waals surface area contributed by atoms with E-state index in [0.717, 1.165) is 22.6 Å². The van der Waals surface area contributed by atoms with Crippen LogP contribution in [-0.2, 0) is 30.6 Å². The second-order valence-electron chi connectivity index (χ2n) is 7.63. The quantitative estimate of drug-likeness (QED) is 0.711. The van der Waals surface area contributed by atoms with Gasteiger partial charge in [-0.25, -0.2) is 4.98 Å². The van der Waals surface area contributed by atoms with Crippen LogP contribution < -0.4 is 10.3 Å². The summed E-state index contributed by atoms with van der Waals surface area (Å²) in [5.74, 6) is 1.44. The summed E-state index contributed by atoms with van der Waals surface area (Å²) in [5.41, 5.74) is 4.49. The third kappa shape index (κ3) is 4.27. The van der Waals surface area contributed by atoms with E-state index in [0.29, 0.717) is 43.7 Å². The minimum Gasteiger partial charge on any atom is -0.497 e. The maximum Gasteiger partial charge on any atom is 0.256 e. The molecule has 154 valence electrons. The van der Waals surface area contributed by atoms with E-state index in [9.17, 15) is 9.59 Å². The molecule has 0 bridgehead atoms. The van der Waals surface area contributed by atoms with E-state index in [1.54, 1.807) is 12.0 Å². The number of hydrogen-bond donors (Lipinski definition) is 1. The normalized spacial score (nSPS) is 13.1. The minimum absolute atomic E-state index is 0.00852. The predicted molar refractivity (Wildman–Crippen MR) is 115 cm³/mol. The Kier molecular flexibility index (Phi) is 5.65. The number of nitrogens with one attached hydrogen (secondary N) is 1. The van der Waals surface area contributed by atoms with Crippen LogP contribution in [0.25, 0.3) is 0 Å². The Morgan fingerprint density at radius 1 is 1.17 bits per heavy atom. The Morgan fingerprint density at radius 2 is 1.93 bits per heavy atom. The van der Waals surface area contributed by atoms with Crippen molar-refractivity contribution in [2.45, 2.75) is 32.7 Å². The van der Waals surface area contributed by atoms with Crippen molar-refractivity contribution in [3.63, 3.8) is 0 Å². The summed E-state index contributed by atoms with van der Waals surface area (Å²) in [6.07, 6.45) is 1.49. The van der Waals surface area contributed by atoms with Crippen molar-refractivity contribution in [2.75, 3.05) is 13.7 Å². The molecule has 1 aliphatic heterocycles. The number of nitrogens with zero attached hydrogens (tertiary/aromatic N) is 2. The molecule has 3 aromatic rings. The summed E-state index contributed by atoms with van der Waals surface area (Å²) >= 11 is 0. The number of aryl methyl sites for hydroxylation is 1. The molecule has 2 aromatic carbocycles. The van der Waals surface area contributed by atoms with Gasteiger partial charge >= 0.3 is 0 Å². The molecule has 0 spiro atoms. The monoisotopic (exact) mass is 403 g/mol. The number of rotatable bonds is 5. The van der Waals surface area contributed by atoms with Crippen LogP contribution >= 0.6 is 0 Å². The first kappa shape index (κ1) is 19.9. The lowest BCUT2D eigenvalue weighted by atomic mass is 10.0. The van der Waals surface area contributed by atoms with Gasteiger partial charge in [-0.05, 0) is 35.7 Å². The van der Waals surface area contributed by atoms with Gasteiger partial charge in [0.25, 0.3) is 5.56 Å². The number of carbonyl (C=O) groups is 1. The largest absolute Gasteiger partial charge is 0.497 e. The Bertz CT molecular complexity index is 1120. The number of benzene rings is 2. The number of ether oxygens (including phenoxy) is 1. The van der Waals surface area contributed by atoms with Gasteiger partial charge in [-0.15, -0.1) is 0 Å². The number of hydrogen-bond acceptors (Lipinski definition) is 4. The minimum atomic E-state index is -0.148. The number of fused-ring (bicyclic) bond motifs is 1. The molecule has 30 heavy (non-hydrogen) atoms. The van der Waals surface area contributed by atoms with Crippen LogP contribution in [0.5, 0.6) is 5.75 Å². The second-order valence-corrected chi connectivity index (χ2v) is 7.63. The van der Waals surface area contributed by atoms with Crippen LogP contribution in [-0.4, -0.2) is 34.4 Å². The molecule has 0 saturated carbocycles. The zero-order valence-corrected chi connectivity index (χ0v) is 17.3. The van der Waals surface area contributed by atoms with E-state index < -0.39 is 0 Å². The molecule has 0 atom stereocenters. The molecule has 0 unspecified atom stereocenters. The lowest BCUT2D eigenvalue weighted by Gasteiger charge is -2.28. The molecule has 6 heteroatoms. The summed E-state index contributed by atoms with van der Waals surface area (Å²) in [7, 11) is 1.61. The first-order chi connectivity index (χ1) is 14.5. The van der Waals surface area contributed by atoms with E-state index >= 15 is 0 Å². The maximum absolute atomic E-state index is 12.8. The van der Waals surface area contributed by atoms with Crippen LogP contribution in [0, 0.1) is 6.92 Å². The van der Waals surface area contributed by atoms with Crippen molar-refractivity contribution >= 4 is 5.91 Å². The highest BCUT2D eigenvalue weighted by molar-refractivity contribution is 5.79. The molecule has 1 aliphatic rings. The first-order valence-electron chi connectivity index (χ1n) is 10.1. The van der Waals surface area contributed by atoms with Crippen molar-refractivity contribution in [1.29, 1.82) is 0 Å². The van der Waals surface area contributed by atoms with Gasteiger partial charge in [-0.1, -0.05) is 36.4 Å². The van der Waals surface area contributed by atoms with E-state index in [4.69, 9.17) is 9.72 Å². The average Bonchev–Trinajstić information content (AvgIpc) is 2.76. The number of carbonyl (C=O) groups excluding carboxylic acids is 1. The predicted octanol–water partition coefficient (Wildman–Crippen LogP) is 2.81. The number of aromatic amines is 1. The molecule has 2 heterocycles. The van der Waals surface area contributed by atoms with Crippen LogP contribution in [0.1, 0.15) is 33.8 Å². The highest BCUT2D eigenvalue weighted by atomic mass is 16.5. The van der Waals surface area contributed by atoms with Gasteiger partial charge in [0.2, 0.25) is 5.91 Å². The lowest BCUT2D eigenvalue weighted by molar-refractivity contribution is -0.131. The Hall–Kier alpha value is -3.41. The van der Waals surface area contributed by atoms with Gasteiger partial charge < -0.3 is 14.6 Å². The van der Waals surface area contributed by atoms with Crippen LogP contribution in [0.2, 0.25) is 0 Å². The van der Waals surface area contributed by atoms with Gasteiger partial charge in [-0.2, -0.15) is 0 Å². The van der Waals surface area contributed by atoms with Gasteiger partial charge in [0, 0.05) is 19.4 Å². The van der Waals surface area contributed by atoms with Crippen molar-refractivity contribution in [2.24, 2.45) is 0 Å². The summed E-state index contributed by atoms with van der Waals surface area (Å²) in [4.78, 5) is 34.8.